The van der Waals surface area contributed by atoms with E-state index in [1.807, 2.05) is 25.1 Å². The predicted molar refractivity (Wildman–Crippen MR) is 173 cm³/mol. The number of aromatic hydroxyl groups is 1. The SMILES string of the molecule is CC(c1oc(=O)c2ccccc2c1-c1ccc(CN2CCCCC2)s1)n1nc(-c2cc(O)cc(F)c2)c2c(N)ncnc21.Cl. The highest BCUT2D eigenvalue weighted by Crippen LogP contribution is 2.41. The molecule has 4 aromatic heterocycles. The van der Waals surface area contributed by atoms with Gasteiger partial charge in [-0.1, -0.05) is 24.6 Å². The fourth-order valence-electron chi connectivity index (χ4n) is 5.99. The van der Waals surface area contributed by atoms with Gasteiger partial charge in [0.2, 0.25) is 0 Å². The van der Waals surface area contributed by atoms with Crippen molar-refractivity contribution >= 4 is 51.4 Å². The van der Waals surface area contributed by atoms with Crippen LogP contribution in [0.15, 0.2) is 70.1 Å². The highest BCUT2D eigenvalue weighted by atomic mass is 35.5. The Hall–Kier alpha value is -4.32. The van der Waals surface area contributed by atoms with Gasteiger partial charge in [-0.05, 0) is 63.2 Å². The average molecular weight is 633 g/mol. The molecule has 1 atom stereocenters. The normalized spacial score (nSPS) is 14.6. The van der Waals surface area contributed by atoms with Crippen molar-refractivity contribution in [2.45, 2.75) is 38.8 Å². The van der Waals surface area contributed by atoms with E-state index in [0.29, 0.717) is 33.4 Å². The molecule has 2 aromatic carbocycles. The molecule has 1 unspecified atom stereocenters. The Kier molecular flexibility index (Phi) is 8.10. The van der Waals surface area contributed by atoms with Crippen LogP contribution in [-0.2, 0) is 6.54 Å². The van der Waals surface area contributed by atoms with Crippen molar-refractivity contribution in [3.05, 3.63) is 87.8 Å². The first-order chi connectivity index (χ1) is 20.9. The number of benzene rings is 2. The molecule has 0 aliphatic carbocycles. The summed E-state index contributed by atoms with van der Waals surface area (Å²) in [5, 5.41) is 16.6. The van der Waals surface area contributed by atoms with Gasteiger partial charge in [0.05, 0.1) is 10.8 Å². The van der Waals surface area contributed by atoms with Gasteiger partial charge in [-0.2, -0.15) is 5.10 Å². The number of phenols is 1. The summed E-state index contributed by atoms with van der Waals surface area (Å²) in [6.07, 6.45) is 5.05. The average Bonchev–Trinajstić information content (AvgIpc) is 3.62. The van der Waals surface area contributed by atoms with Crippen LogP contribution in [0, 0.1) is 5.82 Å². The monoisotopic (exact) mass is 632 g/mol. The second kappa shape index (κ2) is 12.0. The number of nitrogen functional groups attached to an aromatic ring is 1. The number of aromatic nitrogens is 4. The van der Waals surface area contributed by atoms with Crippen molar-refractivity contribution in [1.82, 2.24) is 24.6 Å². The standard InChI is InChI=1S/C32H29FN6O3S.ClH/c1-18(39-31-27(30(34)35-17-36-31)28(37-39)19-13-20(33)15-21(40)14-19)29-26(23-7-3-4-8-24(23)32(41)42-29)25-10-9-22(43-25)16-38-11-5-2-6-12-38;/h3-4,7-10,13-15,17-18,40H,2,5-6,11-12,16H2,1H3,(H2,34,35,36);1H. The number of hydrogen-bond donors (Lipinski definition) is 2. The van der Waals surface area contributed by atoms with Gasteiger partial charge in [0.25, 0.3) is 0 Å². The van der Waals surface area contributed by atoms with Gasteiger partial charge in [0.1, 0.15) is 41.2 Å². The lowest BCUT2D eigenvalue weighted by molar-refractivity contribution is 0.222. The van der Waals surface area contributed by atoms with Crippen LogP contribution in [0.5, 0.6) is 5.75 Å². The fourth-order valence-corrected chi connectivity index (χ4v) is 7.11. The molecule has 226 valence electrons. The molecule has 1 aliphatic rings. The van der Waals surface area contributed by atoms with Crippen LogP contribution in [0.25, 0.3) is 43.5 Å². The van der Waals surface area contributed by atoms with Crippen molar-refractivity contribution < 1.29 is 13.9 Å². The van der Waals surface area contributed by atoms with Crippen LogP contribution in [0.3, 0.4) is 0 Å². The van der Waals surface area contributed by atoms with E-state index in [1.165, 1.54) is 42.6 Å². The third-order valence-corrected chi connectivity index (χ3v) is 9.11. The quantitative estimate of drug-likeness (QED) is 0.206. The maximum Gasteiger partial charge on any atom is 0.343 e. The zero-order chi connectivity index (χ0) is 29.7. The summed E-state index contributed by atoms with van der Waals surface area (Å²) in [7, 11) is 0. The lowest BCUT2D eigenvalue weighted by Crippen LogP contribution is -2.28. The van der Waals surface area contributed by atoms with Gasteiger partial charge in [0, 0.05) is 38.9 Å². The van der Waals surface area contributed by atoms with Crippen molar-refractivity contribution in [3.63, 3.8) is 0 Å². The summed E-state index contributed by atoms with van der Waals surface area (Å²) < 4.78 is 22.0. The first-order valence-electron chi connectivity index (χ1n) is 14.2. The number of thiophene rings is 1. The van der Waals surface area contributed by atoms with Gasteiger partial charge in [-0.25, -0.2) is 23.8 Å². The van der Waals surface area contributed by atoms with E-state index < -0.39 is 17.5 Å². The van der Waals surface area contributed by atoms with Gasteiger partial charge in [-0.15, -0.1) is 23.7 Å². The number of nitrogens with zero attached hydrogens (tertiary/aromatic N) is 5. The van der Waals surface area contributed by atoms with E-state index in [9.17, 15) is 14.3 Å². The molecule has 0 radical (unpaired) electrons. The molecule has 0 amide bonds. The molecule has 3 N–H and O–H groups in total. The van der Waals surface area contributed by atoms with Crippen LogP contribution in [0.1, 0.15) is 42.9 Å². The molecule has 0 bridgehead atoms. The Morgan fingerprint density at radius 2 is 1.84 bits per heavy atom. The van der Waals surface area contributed by atoms with E-state index in [4.69, 9.17) is 15.2 Å². The van der Waals surface area contributed by atoms with E-state index in [0.717, 1.165) is 41.5 Å². The number of fused-ring (bicyclic) bond motifs is 2. The number of nitrogens with two attached hydrogens (primary N) is 1. The molecule has 6 aromatic rings. The molecule has 44 heavy (non-hydrogen) atoms. The highest BCUT2D eigenvalue weighted by Gasteiger charge is 2.27. The van der Waals surface area contributed by atoms with Crippen LogP contribution >= 0.6 is 23.7 Å². The summed E-state index contributed by atoms with van der Waals surface area (Å²) in [6, 6.07) is 14.7. The number of hydrogen-bond acceptors (Lipinski definition) is 9. The van der Waals surface area contributed by atoms with Crippen molar-refractivity contribution in [2.24, 2.45) is 0 Å². The fraction of sp³-hybridized carbons (Fsp3) is 0.250. The Morgan fingerprint density at radius 1 is 1.07 bits per heavy atom. The zero-order valence-corrected chi connectivity index (χ0v) is 25.5. The number of phenolic OH excluding ortho intramolecular Hbond substituents is 1. The summed E-state index contributed by atoms with van der Waals surface area (Å²) in [5.74, 6) is -0.294. The Bertz CT molecular complexity index is 2030. The lowest BCUT2D eigenvalue weighted by atomic mass is 10.0. The first-order valence-corrected chi connectivity index (χ1v) is 15.0. The van der Waals surface area contributed by atoms with Crippen LogP contribution in [-0.4, -0.2) is 42.8 Å². The second-order valence-corrected chi connectivity index (χ2v) is 12.1. The number of anilines is 1. The van der Waals surface area contributed by atoms with Gasteiger partial charge < -0.3 is 15.3 Å². The summed E-state index contributed by atoms with van der Waals surface area (Å²) in [6.45, 7) is 4.95. The number of piperidine rings is 1. The van der Waals surface area contributed by atoms with E-state index in [-0.39, 0.29) is 24.0 Å². The topological polar surface area (TPSA) is 123 Å². The molecule has 1 fully saturated rings. The number of halogens is 2. The molecule has 1 saturated heterocycles. The van der Waals surface area contributed by atoms with Gasteiger partial charge in [-0.3, -0.25) is 4.90 Å². The minimum atomic E-state index is -0.623. The predicted octanol–water partition coefficient (Wildman–Crippen LogP) is 6.77. The van der Waals surface area contributed by atoms with E-state index in [1.54, 1.807) is 22.1 Å². The molecule has 1 aliphatic heterocycles. The molecule has 0 spiro atoms. The van der Waals surface area contributed by atoms with Crippen molar-refractivity contribution in [3.8, 4) is 27.4 Å². The van der Waals surface area contributed by atoms with Gasteiger partial charge in [0.15, 0.2) is 5.65 Å². The summed E-state index contributed by atoms with van der Waals surface area (Å²) in [5.41, 5.74) is 7.65. The molecule has 5 heterocycles. The number of rotatable bonds is 6. The molecule has 7 rings (SSSR count). The Morgan fingerprint density at radius 3 is 2.61 bits per heavy atom. The first kappa shape index (κ1) is 29.7. The molecular weight excluding hydrogens is 603 g/mol. The van der Waals surface area contributed by atoms with Crippen LogP contribution in [0.2, 0.25) is 0 Å². The minimum Gasteiger partial charge on any atom is -0.508 e. The van der Waals surface area contributed by atoms with Crippen molar-refractivity contribution in [2.75, 3.05) is 18.8 Å². The Balaban J connectivity index is 0.00000343. The van der Waals surface area contributed by atoms with Crippen molar-refractivity contribution in [1.29, 1.82) is 0 Å². The maximum atomic E-state index is 14.3. The number of likely N-dealkylation sites (tertiary alicyclic amines) is 1. The van der Waals surface area contributed by atoms with Gasteiger partial charge >= 0.3 is 5.63 Å². The largest absolute Gasteiger partial charge is 0.508 e. The third-order valence-electron chi connectivity index (χ3n) is 8.02. The molecule has 12 heteroatoms. The van der Waals surface area contributed by atoms with E-state index in [2.05, 4.69) is 27.0 Å². The van der Waals surface area contributed by atoms with Crippen LogP contribution in [0.4, 0.5) is 10.2 Å². The van der Waals surface area contributed by atoms with Crippen LogP contribution < -0.4 is 11.4 Å². The zero-order valence-electron chi connectivity index (χ0n) is 23.9. The smallest absolute Gasteiger partial charge is 0.343 e. The summed E-state index contributed by atoms with van der Waals surface area (Å²) >= 11 is 1.69. The maximum absolute atomic E-state index is 14.3. The molecular formula is C32H30ClFN6O3S. The second-order valence-electron chi connectivity index (χ2n) is 10.9. The minimum absolute atomic E-state index is 0. The third kappa shape index (κ3) is 5.31. The molecule has 9 nitrogen and oxygen atoms in total. The lowest BCUT2D eigenvalue weighted by Gasteiger charge is -2.25. The molecule has 0 saturated carbocycles. The van der Waals surface area contributed by atoms with E-state index >= 15 is 0 Å². The Labute approximate surface area is 262 Å². The summed E-state index contributed by atoms with van der Waals surface area (Å²) in [4.78, 5) is 26.6. The highest BCUT2D eigenvalue weighted by molar-refractivity contribution is 7.15.